The Kier molecular flexibility index (Phi) is 5.48. The number of hydrogen-bond acceptors (Lipinski definition) is 2. The quantitative estimate of drug-likeness (QED) is 0.753. The van der Waals surface area contributed by atoms with Crippen LogP contribution in [-0.4, -0.2) is 35.6 Å². The van der Waals surface area contributed by atoms with Crippen molar-refractivity contribution in [3.63, 3.8) is 0 Å². The van der Waals surface area contributed by atoms with Crippen molar-refractivity contribution in [3.8, 4) is 0 Å². The molecule has 0 bridgehead atoms. The summed E-state index contributed by atoms with van der Waals surface area (Å²) in [7, 11) is 0. The molecule has 0 spiro atoms. The maximum Gasteiger partial charge on any atom is 0.0681 e. The van der Waals surface area contributed by atoms with Gasteiger partial charge in [-0.2, -0.15) is 0 Å². The molecule has 1 aromatic carbocycles. The molecule has 1 fully saturated rings. The molecule has 0 saturated carbocycles. The average Bonchev–Trinajstić information content (AvgIpc) is 2.47. The molecule has 0 N–H and O–H groups in total. The van der Waals surface area contributed by atoms with Crippen molar-refractivity contribution in [1.29, 1.82) is 0 Å². The van der Waals surface area contributed by atoms with Gasteiger partial charge in [0.2, 0.25) is 0 Å². The molecule has 0 aromatic heterocycles. The van der Waals surface area contributed by atoms with Crippen LogP contribution in [-0.2, 0) is 4.74 Å². The fourth-order valence-corrected chi connectivity index (χ4v) is 3.61. The molecule has 2 rings (SSSR count). The number of ether oxygens (including phenoxy) is 1. The third kappa shape index (κ3) is 3.55. The molecule has 0 amide bonds. The summed E-state index contributed by atoms with van der Waals surface area (Å²) in [6.45, 7) is 8.39. The first kappa shape index (κ1) is 15.8. The summed E-state index contributed by atoms with van der Waals surface area (Å²) in [5.74, 6) is 0.667. The summed E-state index contributed by atoms with van der Waals surface area (Å²) in [4.78, 5) is 2.53. The number of alkyl halides is 1. The third-order valence-electron chi connectivity index (χ3n) is 4.49. The van der Waals surface area contributed by atoms with E-state index in [-0.39, 0.29) is 5.60 Å². The Balaban J connectivity index is 2.09. The van der Waals surface area contributed by atoms with E-state index in [2.05, 4.69) is 56.0 Å². The van der Waals surface area contributed by atoms with Crippen LogP contribution in [0.1, 0.15) is 45.2 Å². The summed E-state index contributed by atoms with van der Waals surface area (Å²) in [5.41, 5.74) is 1.35. The van der Waals surface area contributed by atoms with E-state index < -0.39 is 0 Å². The van der Waals surface area contributed by atoms with Crippen LogP contribution in [0.3, 0.4) is 0 Å². The van der Waals surface area contributed by atoms with E-state index >= 15 is 0 Å². The highest BCUT2D eigenvalue weighted by molar-refractivity contribution is 6.18. The second-order valence-electron chi connectivity index (χ2n) is 5.97. The molecule has 1 aliphatic rings. The molecule has 1 saturated heterocycles. The van der Waals surface area contributed by atoms with Crippen molar-refractivity contribution >= 4 is 11.6 Å². The van der Waals surface area contributed by atoms with Crippen molar-refractivity contribution in [2.75, 3.05) is 19.0 Å². The molecule has 1 heterocycles. The van der Waals surface area contributed by atoms with Gasteiger partial charge < -0.3 is 4.74 Å². The first-order valence-corrected chi connectivity index (χ1v) is 8.13. The van der Waals surface area contributed by atoms with Crippen LogP contribution in [0.4, 0.5) is 0 Å². The van der Waals surface area contributed by atoms with Crippen LogP contribution < -0.4 is 0 Å². The topological polar surface area (TPSA) is 12.5 Å². The number of nitrogens with zero attached hydrogens (tertiary/aromatic N) is 1. The fraction of sp³-hybridized carbons (Fsp3) is 0.647. The van der Waals surface area contributed by atoms with Gasteiger partial charge in [-0.15, -0.1) is 11.6 Å². The molecule has 1 unspecified atom stereocenters. The summed E-state index contributed by atoms with van der Waals surface area (Å²) in [5, 5.41) is 0. The molecule has 20 heavy (non-hydrogen) atoms. The van der Waals surface area contributed by atoms with Gasteiger partial charge in [0.1, 0.15) is 0 Å². The van der Waals surface area contributed by atoms with Gasteiger partial charge in [-0.25, -0.2) is 0 Å². The fourth-order valence-electron chi connectivity index (χ4n) is 3.32. The molecule has 112 valence electrons. The highest BCUT2D eigenvalue weighted by atomic mass is 35.5. The number of likely N-dealkylation sites (tertiary alicyclic amines) is 1. The van der Waals surface area contributed by atoms with Crippen LogP contribution in [0.5, 0.6) is 0 Å². The predicted molar refractivity (Wildman–Crippen MR) is 85.3 cm³/mol. The van der Waals surface area contributed by atoms with Gasteiger partial charge in [0.05, 0.1) is 5.60 Å². The van der Waals surface area contributed by atoms with Crippen LogP contribution in [0, 0.1) is 0 Å². The Morgan fingerprint density at radius 2 is 2.10 bits per heavy atom. The molecular weight excluding hydrogens is 270 g/mol. The number of benzene rings is 1. The summed E-state index contributed by atoms with van der Waals surface area (Å²) in [6.07, 6.45) is 2.09. The van der Waals surface area contributed by atoms with E-state index in [0.717, 1.165) is 26.0 Å². The molecule has 0 aliphatic carbocycles. The molecule has 3 atom stereocenters. The zero-order valence-electron chi connectivity index (χ0n) is 12.8. The lowest BCUT2D eigenvalue weighted by atomic mass is 9.86. The van der Waals surface area contributed by atoms with Gasteiger partial charge in [-0.05, 0) is 39.2 Å². The van der Waals surface area contributed by atoms with Gasteiger partial charge in [0, 0.05) is 31.1 Å². The Bertz CT molecular complexity index is 411. The Hall–Kier alpha value is -0.570. The second-order valence-corrected chi connectivity index (χ2v) is 6.28. The standard InChI is InChI=1S/C17H26ClNO/c1-4-20-17(3)10-11-19(16(12-17)13-18)14(2)15-8-6-5-7-9-15/h5-9,14,16H,4,10-13H2,1-3H3/t14-,16+,17?/m1/s1. The van der Waals surface area contributed by atoms with Crippen molar-refractivity contribution in [2.45, 2.75) is 51.3 Å². The van der Waals surface area contributed by atoms with E-state index in [9.17, 15) is 0 Å². The first-order valence-electron chi connectivity index (χ1n) is 7.60. The van der Waals surface area contributed by atoms with Gasteiger partial charge >= 0.3 is 0 Å². The second kappa shape index (κ2) is 6.93. The van der Waals surface area contributed by atoms with Gasteiger partial charge in [-0.3, -0.25) is 4.90 Å². The van der Waals surface area contributed by atoms with E-state index in [1.54, 1.807) is 0 Å². The third-order valence-corrected chi connectivity index (χ3v) is 4.84. The largest absolute Gasteiger partial charge is 0.375 e. The predicted octanol–water partition coefficient (Wildman–Crippen LogP) is 4.25. The summed E-state index contributed by atoms with van der Waals surface area (Å²) < 4.78 is 5.95. The number of rotatable bonds is 5. The smallest absolute Gasteiger partial charge is 0.0681 e. The maximum atomic E-state index is 6.24. The van der Waals surface area contributed by atoms with Crippen molar-refractivity contribution in [2.24, 2.45) is 0 Å². The zero-order chi connectivity index (χ0) is 14.6. The lowest BCUT2D eigenvalue weighted by Gasteiger charge is -2.46. The molecule has 2 nitrogen and oxygen atoms in total. The van der Waals surface area contributed by atoms with Crippen LogP contribution >= 0.6 is 11.6 Å². The van der Waals surface area contributed by atoms with Crippen molar-refractivity contribution in [1.82, 2.24) is 4.90 Å². The minimum Gasteiger partial charge on any atom is -0.375 e. The van der Waals surface area contributed by atoms with E-state index in [4.69, 9.17) is 16.3 Å². The number of halogens is 1. The Morgan fingerprint density at radius 1 is 1.40 bits per heavy atom. The Morgan fingerprint density at radius 3 is 2.70 bits per heavy atom. The van der Waals surface area contributed by atoms with E-state index in [1.807, 2.05) is 0 Å². The van der Waals surface area contributed by atoms with Gasteiger partial charge in [-0.1, -0.05) is 30.3 Å². The zero-order valence-corrected chi connectivity index (χ0v) is 13.6. The lowest BCUT2D eigenvalue weighted by molar-refractivity contribution is -0.0873. The number of piperidine rings is 1. The normalized spacial score (nSPS) is 29.3. The minimum atomic E-state index is -0.0127. The Labute approximate surface area is 128 Å². The van der Waals surface area contributed by atoms with E-state index in [0.29, 0.717) is 18.0 Å². The molecular formula is C17H26ClNO. The SMILES string of the molecule is CCOC1(C)CCN([C@H](C)c2ccccc2)[C@H](CCl)C1. The monoisotopic (exact) mass is 295 g/mol. The average molecular weight is 296 g/mol. The van der Waals surface area contributed by atoms with Crippen LogP contribution in [0.15, 0.2) is 30.3 Å². The van der Waals surface area contributed by atoms with Crippen molar-refractivity contribution in [3.05, 3.63) is 35.9 Å². The summed E-state index contributed by atoms with van der Waals surface area (Å²) >= 11 is 6.24. The first-order chi connectivity index (χ1) is 9.59. The minimum absolute atomic E-state index is 0.0127. The van der Waals surface area contributed by atoms with E-state index in [1.165, 1.54) is 5.56 Å². The van der Waals surface area contributed by atoms with Gasteiger partial charge in [0.15, 0.2) is 0 Å². The highest BCUT2D eigenvalue weighted by Gasteiger charge is 2.38. The van der Waals surface area contributed by atoms with Crippen LogP contribution in [0.2, 0.25) is 0 Å². The summed E-state index contributed by atoms with van der Waals surface area (Å²) in [6, 6.07) is 11.5. The molecule has 0 radical (unpaired) electrons. The van der Waals surface area contributed by atoms with Crippen LogP contribution in [0.25, 0.3) is 0 Å². The molecule has 3 heteroatoms. The number of hydrogen-bond donors (Lipinski definition) is 0. The van der Waals surface area contributed by atoms with Crippen molar-refractivity contribution < 1.29 is 4.74 Å². The molecule has 1 aromatic rings. The lowest BCUT2D eigenvalue weighted by Crippen LogP contribution is -2.51. The maximum absolute atomic E-state index is 6.24. The molecule has 1 aliphatic heterocycles. The highest BCUT2D eigenvalue weighted by Crippen LogP contribution is 2.35. The van der Waals surface area contributed by atoms with Gasteiger partial charge in [0.25, 0.3) is 0 Å².